The van der Waals surface area contributed by atoms with E-state index in [4.69, 9.17) is 27.9 Å². The third-order valence-electron chi connectivity index (χ3n) is 5.70. The first-order chi connectivity index (χ1) is 16.9. The first-order valence-corrected chi connectivity index (χ1v) is 12.2. The fourth-order valence-corrected chi connectivity index (χ4v) is 4.38. The lowest BCUT2D eigenvalue weighted by atomic mass is 9.85. The van der Waals surface area contributed by atoms with Crippen molar-refractivity contribution >= 4 is 56.7 Å². The molecule has 0 aliphatic rings. The predicted molar refractivity (Wildman–Crippen MR) is 138 cm³/mol. The van der Waals surface area contributed by atoms with E-state index in [2.05, 4.69) is 21.2 Å². The van der Waals surface area contributed by atoms with Gasteiger partial charge >= 0.3 is 12.1 Å². The zero-order valence-corrected chi connectivity index (χ0v) is 22.2. The molecule has 3 aromatic carbocycles. The zero-order chi connectivity index (χ0) is 26.6. The maximum Gasteiger partial charge on any atom is 0.392 e. The van der Waals surface area contributed by atoms with Gasteiger partial charge in [-0.1, -0.05) is 70.3 Å². The van der Waals surface area contributed by atoms with Crippen molar-refractivity contribution in [3.8, 4) is 11.1 Å². The number of rotatable bonds is 7. The zero-order valence-electron chi connectivity index (χ0n) is 19.1. The molecule has 0 bridgehead atoms. The second-order valence-electron chi connectivity index (χ2n) is 8.10. The number of alkyl halides is 3. The molecular weight excluding hydrogens is 582 g/mol. The number of benzene rings is 3. The van der Waals surface area contributed by atoms with Crippen LogP contribution in [-0.2, 0) is 20.7 Å². The summed E-state index contributed by atoms with van der Waals surface area (Å²) >= 11 is 15.6. The molecule has 0 radical (unpaired) electrons. The van der Waals surface area contributed by atoms with Gasteiger partial charge < -0.3 is 10.1 Å². The standard InChI is InChI=1S/C26H21BrCl2F3NO3/c1-14(26(30,31)32)24(15-4-8-19(28)9-5-15)25(35)33-22-11-16(6-10-21(22)29)20-13-18(27)7-3-17(20)12-23(34)36-2/h3-11,13-14,24H,12H2,1-2H3,(H,33,35)/t14-,24+/m1/s1. The van der Waals surface area contributed by atoms with Crippen LogP contribution < -0.4 is 5.32 Å². The van der Waals surface area contributed by atoms with Crippen LogP contribution in [0.2, 0.25) is 10.0 Å². The number of carbonyl (C=O) groups excluding carboxylic acids is 2. The topological polar surface area (TPSA) is 55.4 Å². The lowest BCUT2D eigenvalue weighted by Crippen LogP contribution is -2.34. The Morgan fingerprint density at radius 3 is 2.31 bits per heavy atom. The number of hydrogen-bond donors (Lipinski definition) is 1. The second kappa shape index (κ2) is 11.7. The maximum absolute atomic E-state index is 13.7. The number of anilines is 1. The van der Waals surface area contributed by atoms with Gasteiger partial charge in [0.2, 0.25) is 5.91 Å². The minimum atomic E-state index is -4.62. The molecule has 3 rings (SSSR count). The Hall–Kier alpha value is -2.55. The van der Waals surface area contributed by atoms with Crippen molar-refractivity contribution in [2.45, 2.75) is 25.4 Å². The molecule has 2 atom stereocenters. The molecular formula is C26H21BrCl2F3NO3. The number of esters is 1. The molecule has 36 heavy (non-hydrogen) atoms. The predicted octanol–water partition coefficient (Wildman–Crippen LogP) is 8.06. The molecule has 0 heterocycles. The van der Waals surface area contributed by atoms with Crippen molar-refractivity contribution in [1.29, 1.82) is 0 Å². The first-order valence-electron chi connectivity index (χ1n) is 10.7. The lowest BCUT2D eigenvalue weighted by molar-refractivity contribution is -0.178. The normalized spacial score (nSPS) is 13.1. The van der Waals surface area contributed by atoms with E-state index in [-0.39, 0.29) is 22.7 Å². The van der Waals surface area contributed by atoms with Gasteiger partial charge in [-0.05, 0) is 58.7 Å². The summed E-state index contributed by atoms with van der Waals surface area (Å²) in [6.45, 7) is 0.956. The lowest BCUT2D eigenvalue weighted by Gasteiger charge is -2.26. The van der Waals surface area contributed by atoms with E-state index in [1.54, 1.807) is 30.3 Å². The smallest absolute Gasteiger partial charge is 0.392 e. The highest BCUT2D eigenvalue weighted by Gasteiger charge is 2.45. The fourth-order valence-electron chi connectivity index (χ4n) is 3.72. The van der Waals surface area contributed by atoms with Gasteiger partial charge in [0.25, 0.3) is 0 Å². The highest BCUT2D eigenvalue weighted by atomic mass is 79.9. The molecule has 0 saturated heterocycles. The number of hydrogen-bond acceptors (Lipinski definition) is 3. The highest BCUT2D eigenvalue weighted by molar-refractivity contribution is 9.10. The van der Waals surface area contributed by atoms with Gasteiger partial charge in [-0.25, -0.2) is 0 Å². The third kappa shape index (κ3) is 6.81. The number of nitrogens with one attached hydrogen (secondary N) is 1. The molecule has 3 aromatic rings. The fraction of sp³-hybridized carbons (Fsp3) is 0.231. The van der Waals surface area contributed by atoms with E-state index in [1.165, 1.54) is 37.4 Å². The molecule has 0 aromatic heterocycles. The van der Waals surface area contributed by atoms with Crippen molar-refractivity contribution in [3.05, 3.63) is 86.3 Å². The largest absolute Gasteiger partial charge is 0.469 e. The van der Waals surface area contributed by atoms with Gasteiger partial charge in [-0.3, -0.25) is 9.59 Å². The number of ether oxygens (including phenoxy) is 1. The Morgan fingerprint density at radius 1 is 1.03 bits per heavy atom. The molecule has 190 valence electrons. The molecule has 0 aliphatic heterocycles. The van der Waals surface area contributed by atoms with Crippen LogP contribution in [0, 0.1) is 5.92 Å². The Kier molecular flexibility index (Phi) is 9.08. The number of carbonyl (C=O) groups is 2. The van der Waals surface area contributed by atoms with Crippen LogP contribution in [0.5, 0.6) is 0 Å². The van der Waals surface area contributed by atoms with Crippen LogP contribution in [0.15, 0.2) is 65.1 Å². The van der Waals surface area contributed by atoms with Gasteiger partial charge in [0.05, 0.1) is 36.1 Å². The molecule has 10 heteroatoms. The van der Waals surface area contributed by atoms with Gasteiger partial charge in [0.15, 0.2) is 0 Å². The molecule has 1 N–H and O–H groups in total. The molecule has 1 amide bonds. The van der Waals surface area contributed by atoms with Crippen LogP contribution in [0.4, 0.5) is 18.9 Å². The van der Waals surface area contributed by atoms with E-state index in [0.717, 1.165) is 11.4 Å². The van der Waals surface area contributed by atoms with E-state index in [9.17, 15) is 22.8 Å². The van der Waals surface area contributed by atoms with Crippen LogP contribution in [-0.4, -0.2) is 25.2 Å². The average molecular weight is 603 g/mol. The summed E-state index contributed by atoms with van der Waals surface area (Å²) in [6.07, 6.45) is -4.61. The Morgan fingerprint density at radius 2 is 1.69 bits per heavy atom. The van der Waals surface area contributed by atoms with Crippen molar-refractivity contribution in [1.82, 2.24) is 0 Å². The van der Waals surface area contributed by atoms with Crippen molar-refractivity contribution in [2.75, 3.05) is 12.4 Å². The van der Waals surface area contributed by atoms with Crippen molar-refractivity contribution < 1.29 is 27.5 Å². The summed E-state index contributed by atoms with van der Waals surface area (Å²) in [5.41, 5.74) is 2.23. The molecule has 0 fully saturated rings. The molecule has 0 unspecified atom stereocenters. The molecule has 0 aliphatic carbocycles. The molecule has 0 spiro atoms. The van der Waals surface area contributed by atoms with E-state index in [1.807, 2.05) is 0 Å². The summed E-state index contributed by atoms with van der Waals surface area (Å²) < 4.78 is 46.5. The number of halogens is 6. The van der Waals surface area contributed by atoms with Crippen LogP contribution >= 0.6 is 39.1 Å². The van der Waals surface area contributed by atoms with Gasteiger partial charge in [-0.15, -0.1) is 0 Å². The van der Waals surface area contributed by atoms with E-state index < -0.39 is 29.9 Å². The highest BCUT2D eigenvalue weighted by Crippen LogP contribution is 2.39. The van der Waals surface area contributed by atoms with E-state index in [0.29, 0.717) is 21.7 Å². The Balaban J connectivity index is 2.00. The minimum Gasteiger partial charge on any atom is -0.469 e. The van der Waals surface area contributed by atoms with Crippen LogP contribution in [0.1, 0.15) is 24.0 Å². The second-order valence-corrected chi connectivity index (χ2v) is 9.86. The Bertz CT molecular complexity index is 1270. The van der Waals surface area contributed by atoms with E-state index >= 15 is 0 Å². The molecule has 0 saturated carbocycles. The molecule has 4 nitrogen and oxygen atoms in total. The minimum absolute atomic E-state index is 0.00513. The third-order valence-corrected chi connectivity index (χ3v) is 6.77. The van der Waals surface area contributed by atoms with Crippen LogP contribution in [0.3, 0.4) is 0 Å². The van der Waals surface area contributed by atoms with Gasteiger partial charge in [0, 0.05) is 9.50 Å². The van der Waals surface area contributed by atoms with Crippen LogP contribution in [0.25, 0.3) is 11.1 Å². The summed E-state index contributed by atoms with van der Waals surface area (Å²) in [7, 11) is 1.29. The maximum atomic E-state index is 13.7. The van der Waals surface area contributed by atoms with Crippen molar-refractivity contribution in [2.24, 2.45) is 5.92 Å². The summed E-state index contributed by atoms with van der Waals surface area (Å²) in [5.74, 6) is -4.82. The van der Waals surface area contributed by atoms with Gasteiger partial charge in [0.1, 0.15) is 0 Å². The monoisotopic (exact) mass is 601 g/mol. The number of methoxy groups -OCH3 is 1. The Labute approximate surface area is 224 Å². The number of amides is 1. The quantitative estimate of drug-likeness (QED) is 0.278. The first kappa shape index (κ1) is 28.0. The summed E-state index contributed by atoms with van der Waals surface area (Å²) in [5, 5.41) is 3.05. The average Bonchev–Trinajstić information content (AvgIpc) is 2.82. The summed E-state index contributed by atoms with van der Waals surface area (Å²) in [4.78, 5) is 25.1. The van der Waals surface area contributed by atoms with Gasteiger partial charge in [-0.2, -0.15) is 13.2 Å². The SMILES string of the molecule is COC(=O)Cc1ccc(Br)cc1-c1ccc(Cl)c(NC(=O)[C@H](c2ccc(Cl)cc2)[C@@H](C)C(F)(F)F)c1. The summed E-state index contributed by atoms with van der Waals surface area (Å²) in [6, 6.07) is 15.7. The van der Waals surface area contributed by atoms with Crippen molar-refractivity contribution in [3.63, 3.8) is 0 Å².